The predicted molar refractivity (Wildman–Crippen MR) is 82.4 cm³/mol. The second kappa shape index (κ2) is 3.90. The molecular weight excluding hydrogens is 230 g/mol. The van der Waals surface area contributed by atoms with E-state index in [-0.39, 0.29) is 5.54 Å². The minimum absolute atomic E-state index is 0.0224. The van der Waals surface area contributed by atoms with Crippen LogP contribution in [-0.2, 0) is 5.54 Å². The van der Waals surface area contributed by atoms with Gasteiger partial charge in [-0.05, 0) is 39.0 Å². The summed E-state index contributed by atoms with van der Waals surface area (Å²) < 4.78 is 2.37. The van der Waals surface area contributed by atoms with Gasteiger partial charge in [0.15, 0.2) is 0 Å². The zero-order valence-corrected chi connectivity index (χ0v) is 11.6. The highest BCUT2D eigenvalue weighted by atomic mass is 15.0. The van der Waals surface area contributed by atoms with E-state index in [1.54, 1.807) is 0 Å². The van der Waals surface area contributed by atoms with Crippen molar-refractivity contribution in [2.24, 2.45) is 0 Å². The van der Waals surface area contributed by atoms with Crippen molar-refractivity contribution in [2.45, 2.75) is 26.3 Å². The molecule has 1 nitrogen and oxygen atoms in total. The van der Waals surface area contributed by atoms with Crippen LogP contribution in [-0.4, -0.2) is 4.57 Å². The second-order valence-corrected chi connectivity index (χ2v) is 5.90. The first-order valence-electron chi connectivity index (χ1n) is 6.52. The van der Waals surface area contributed by atoms with Crippen molar-refractivity contribution in [3.05, 3.63) is 48.0 Å². The molecule has 0 aliphatic carbocycles. The second-order valence-electron chi connectivity index (χ2n) is 5.90. The van der Waals surface area contributed by atoms with E-state index in [4.69, 9.17) is 6.42 Å². The first-order valence-corrected chi connectivity index (χ1v) is 6.52. The lowest BCUT2D eigenvalue weighted by Crippen LogP contribution is -2.21. The maximum Gasteiger partial charge on any atom is 0.0508 e. The molecule has 1 heteroatoms. The van der Waals surface area contributed by atoms with Gasteiger partial charge >= 0.3 is 0 Å². The number of para-hydroxylation sites is 1. The minimum atomic E-state index is 0.0224. The number of fused-ring (bicyclic) bond motifs is 3. The molecule has 1 aromatic heterocycles. The Morgan fingerprint density at radius 2 is 1.63 bits per heavy atom. The molecule has 0 N–H and O–H groups in total. The quantitative estimate of drug-likeness (QED) is 0.514. The Morgan fingerprint density at radius 3 is 2.32 bits per heavy atom. The van der Waals surface area contributed by atoms with Crippen LogP contribution in [0.25, 0.3) is 21.8 Å². The number of benzene rings is 2. The monoisotopic (exact) mass is 247 g/mol. The van der Waals surface area contributed by atoms with Crippen LogP contribution in [0, 0.1) is 12.3 Å². The van der Waals surface area contributed by atoms with Crippen LogP contribution in [0.5, 0.6) is 0 Å². The average molecular weight is 247 g/mol. The van der Waals surface area contributed by atoms with Gasteiger partial charge in [0.2, 0.25) is 0 Å². The molecule has 3 aromatic rings. The molecule has 0 aliphatic heterocycles. The fourth-order valence-corrected chi connectivity index (χ4v) is 2.78. The van der Waals surface area contributed by atoms with E-state index in [9.17, 15) is 0 Å². The third-order valence-electron chi connectivity index (χ3n) is 3.51. The Balaban J connectivity index is 2.57. The number of hydrogen-bond donors (Lipinski definition) is 0. The zero-order chi connectivity index (χ0) is 13.6. The summed E-state index contributed by atoms with van der Waals surface area (Å²) in [5, 5.41) is 2.56. The summed E-state index contributed by atoms with van der Waals surface area (Å²) in [6.07, 6.45) is 5.53. The topological polar surface area (TPSA) is 4.93 Å². The minimum Gasteiger partial charge on any atom is -0.335 e. The molecule has 0 fully saturated rings. The van der Waals surface area contributed by atoms with E-state index in [0.717, 1.165) is 5.56 Å². The summed E-state index contributed by atoms with van der Waals surface area (Å²) in [4.78, 5) is 0. The molecule has 0 spiro atoms. The van der Waals surface area contributed by atoms with Crippen LogP contribution in [0.15, 0.2) is 42.5 Å². The molecule has 0 atom stereocenters. The van der Waals surface area contributed by atoms with Crippen LogP contribution in [0.4, 0.5) is 0 Å². The van der Waals surface area contributed by atoms with Crippen molar-refractivity contribution in [2.75, 3.05) is 0 Å². The molecule has 2 aromatic carbocycles. The highest BCUT2D eigenvalue weighted by Crippen LogP contribution is 2.34. The van der Waals surface area contributed by atoms with Gasteiger partial charge in [0.1, 0.15) is 0 Å². The summed E-state index contributed by atoms with van der Waals surface area (Å²) in [6.45, 7) is 6.67. The Hall–Kier alpha value is -2.20. The Morgan fingerprint density at radius 1 is 0.947 bits per heavy atom. The lowest BCUT2D eigenvalue weighted by atomic mass is 10.1. The normalized spacial score (nSPS) is 11.9. The number of nitrogens with zero attached hydrogens (tertiary/aromatic N) is 1. The van der Waals surface area contributed by atoms with E-state index >= 15 is 0 Å². The third-order valence-corrected chi connectivity index (χ3v) is 3.51. The van der Waals surface area contributed by atoms with Gasteiger partial charge < -0.3 is 4.57 Å². The fourth-order valence-electron chi connectivity index (χ4n) is 2.78. The van der Waals surface area contributed by atoms with E-state index < -0.39 is 0 Å². The number of aromatic nitrogens is 1. The lowest BCUT2D eigenvalue weighted by molar-refractivity contribution is 0.423. The highest BCUT2D eigenvalue weighted by molar-refractivity contribution is 6.08. The maximum absolute atomic E-state index is 5.53. The smallest absolute Gasteiger partial charge is 0.0508 e. The van der Waals surface area contributed by atoms with Gasteiger partial charge in [-0.1, -0.05) is 30.2 Å². The van der Waals surface area contributed by atoms with Crippen molar-refractivity contribution >= 4 is 21.8 Å². The highest BCUT2D eigenvalue weighted by Gasteiger charge is 2.20. The molecule has 0 amide bonds. The first-order chi connectivity index (χ1) is 9.02. The van der Waals surface area contributed by atoms with Gasteiger partial charge in [-0.3, -0.25) is 0 Å². The molecule has 0 saturated heterocycles. The Kier molecular flexibility index (Phi) is 2.43. The summed E-state index contributed by atoms with van der Waals surface area (Å²) in [7, 11) is 0. The summed E-state index contributed by atoms with van der Waals surface area (Å²) >= 11 is 0. The summed E-state index contributed by atoms with van der Waals surface area (Å²) in [5.74, 6) is 2.73. The van der Waals surface area contributed by atoms with E-state index in [0.29, 0.717) is 0 Å². The summed E-state index contributed by atoms with van der Waals surface area (Å²) in [5.41, 5.74) is 3.43. The molecular formula is C18H17N. The van der Waals surface area contributed by atoms with Gasteiger partial charge in [-0.25, -0.2) is 0 Å². The molecule has 0 unspecified atom stereocenters. The molecule has 3 rings (SSSR count). The van der Waals surface area contributed by atoms with Crippen molar-refractivity contribution < 1.29 is 0 Å². The van der Waals surface area contributed by atoms with Gasteiger partial charge in [0.05, 0.1) is 5.52 Å². The van der Waals surface area contributed by atoms with Crippen LogP contribution in [0.2, 0.25) is 0 Å². The van der Waals surface area contributed by atoms with Gasteiger partial charge in [0, 0.05) is 27.4 Å². The molecule has 1 heterocycles. The average Bonchev–Trinajstić information content (AvgIpc) is 2.71. The molecule has 94 valence electrons. The lowest BCUT2D eigenvalue weighted by Gasteiger charge is -2.24. The van der Waals surface area contributed by atoms with Gasteiger partial charge in [-0.2, -0.15) is 0 Å². The Labute approximate surface area is 113 Å². The van der Waals surface area contributed by atoms with Crippen LogP contribution >= 0.6 is 0 Å². The van der Waals surface area contributed by atoms with Crippen LogP contribution in [0.1, 0.15) is 26.3 Å². The van der Waals surface area contributed by atoms with Gasteiger partial charge in [0.25, 0.3) is 0 Å². The predicted octanol–water partition coefficient (Wildman–Crippen LogP) is 4.53. The molecule has 0 radical (unpaired) electrons. The van der Waals surface area contributed by atoms with Crippen molar-refractivity contribution in [3.8, 4) is 12.3 Å². The summed E-state index contributed by atoms with van der Waals surface area (Å²) in [6, 6.07) is 14.8. The van der Waals surface area contributed by atoms with Gasteiger partial charge in [-0.15, -0.1) is 6.42 Å². The maximum atomic E-state index is 5.53. The molecule has 0 saturated carbocycles. The Bertz CT molecular complexity index is 807. The van der Waals surface area contributed by atoms with Crippen molar-refractivity contribution in [1.29, 1.82) is 0 Å². The number of hydrogen-bond acceptors (Lipinski definition) is 0. The molecule has 0 bridgehead atoms. The molecule has 0 aliphatic rings. The molecule has 19 heavy (non-hydrogen) atoms. The third kappa shape index (κ3) is 1.72. The largest absolute Gasteiger partial charge is 0.335 e. The fraction of sp³-hybridized carbons (Fsp3) is 0.222. The van der Waals surface area contributed by atoms with Crippen LogP contribution in [0.3, 0.4) is 0 Å². The number of terminal acetylenes is 1. The van der Waals surface area contributed by atoms with E-state index in [2.05, 4.69) is 67.7 Å². The van der Waals surface area contributed by atoms with E-state index in [1.165, 1.54) is 21.8 Å². The van der Waals surface area contributed by atoms with Crippen molar-refractivity contribution in [1.82, 2.24) is 4.57 Å². The standard InChI is InChI=1S/C18H17N/c1-5-13-10-11-15-14-8-6-7-9-16(14)19(17(15)12-13)18(2,3)4/h1,6-12H,2-4H3. The SMILES string of the molecule is C#Cc1ccc2c3ccccc3n(C(C)(C)C)c2c1. The first kappa shape index (κ1) is 11.9. The van der Waals surface area contributed by atoms with E-state index in [1.807, 2.05) is 6.07 Å². The zero-order valence-electron chi connectivity index (χ0n) is 11.6. The number of rotatable bonds is 0. The van der Waals surface area contributed by atoms with Crippen molar-refractivity contribution in [3.63, 3.8) is 0 Å². The van der Waals surface area contributed by atoms with Crippen LogP contribution < -0.4 is 0 Å².